The van der Waals surface area contributed by atoms with Crippen LogP contribution in [0.3, 0.4) is 0 Å². The second-order valence-corrected chi connectivity index (χ2v) is 4.97. The van der Waals surface area contributed by atoms with Gasteiger partial charge in [-0.3, -0.25) is 4.90 Å². The summed E-state index contributed by atoms with van der Waals surface area (Å²) in [6.07, 6.45) is 6.37. The molecule has 1 N–H and O–H groups in total. The van der Waals surface area contributed by atoms with Crippen LogP contribution in [0.1, 0.15) is 13.3 Å². The summed E-state index contributed by atoms with van der Waals surface area (Å²) < 4.78 is 5.40. The first-order valence-corrected chi connectivity index (χ1v) is 6.44. The third kappa shape index (κ3) is 2.47. The number of rotatable bonds is 1. The van der Waals surface area contributed by atoms with Gasteiger partial charge in [-0.25, -0.2) is 4.79 Å². The molecule has 1 aliphatic rings. The second kappa shape index (κ2) is 4.80. The molecule has 1 aromatic carbocycles. The molecule has 2 aromatic rings. The molecular weight excluding hydrogens is 240 g/mol. The van der Waals surface area contributed by atoms with Gasteiger partial charge in [0.05, 0.1) is 0 Å². The Morgan fingerprint density at radius 3 is 3.16 bits per heavy atom. The highest BCUT2D eigenvalue weighted by Gasteiger charge is 2.19. The number of ether oxygens (including phenoxy) is 1. The zero-order valence-electron chi connectivity index (χ0n) is 10.8. The van der Waals surface area contributed by atoms with Gasteiger partial charge in [0.15, 0.2) is 0 Å². The van der Waals surface area contributed by atoms with E-state index in [1.807, 2.05) is 30.5 Å². The van der Waals surface area contributed by atoms with Crippen molar-refractivity contribution in [2.45, 2.75) is 13.3 Å². The highest BCUT2D eigenvalue weighted by molar-refractivity contribution is 5.82. The molecular formula is C15H16N2O2. The van der Waals surface area contributed by atoms with E-state index >= 15 is 0 Å². The smallest absolute Gasteiger partial charge is 0.410 e. The van der Waals surface area contributed by atoms with E-state index < -0.39 is 0 Å². The van der Waals surface area contributed by atoms with Crippen molar-refractivity contribution >= 4 is 17.0 Å². The van der Waals surface area contributed by atoms with Crippen LogP contribution in [0, 0.1) is 5.92 Å². The Morgan fingerprint density at radius 2 is 2.32 bits per heavy atom. The van der Waals surface area contributed by atoms with E-state index in [0.717, 1.165) is 17.3 Å². The lowest BCUT2D eigenvalue weighted by Crippen LogP contribution is -2.34. The van der Waals surface area contributed by atoms with Crippen molar-refractivity contribution in [3.63, 3.8) is 0 Å². The maximum Gasteiger partial charge on any atom is 0.419 e. The zero-order chi connectivity index (χ0) is 13.2. The fourth-order valence-corrected chi connectivity index (χ4v) is 2.28. The second-order valence-electron chi connectivity index (χ2n) is 4.97. The van der Waals surface area contributed by atoms with E-state index in [-0.39, 0.29) is 6.09 Å². The Balaban J connectivity index is 1.75. The van der Waals surface area contributed by atoms with Crippen molar-refractivity contribution in [1.29, 1.82) is 0 Å². The molecule has 0 aliphatic carbocycles. The van der Waals surface area contributed by atoms with Gasteiger partial charge in [-0.15, -0.1) is 0 Å². The Kier molecular flexibility index (Phi) is 2.99. The fourth-order valence-electron chi connectivity index (χ4n) is 2.28. The highest BCUT2D eigenvalue weighted by Crippen LogP contribution is 2.21. The van der Waals surface area contributed by atoms with Crippen LogP contribution in [0.2, 0.25) is 0 Å². The number of H-pyrrole nitrogens is 1. The lowest BCUT2D eigenvalue weighted by Gasteiger charge is -2.24. The minimum absolute atomic E-state index is 0.322. The predicted molar refractivity (Wildman–Crippen MR) is 73.9 cm³/mol. The molecule has 0 fully saturated rings. The molecule has 0 bridgehead atoms. The maximum atomic E-state index is 12.0. The van der Waals surface area contributed by atoms with Crippen molar-refractivity contribution in [2.24, 2.45) is 5.92 Å². The minimum Gasteiger partial charge on any atom is -0.410 e. The number of fused-ring (bicyclic) bond motifs is 1. The molecule has 0 spiro atoms. The summed E-state index contributed by atoms with van der Waals surface area (Å²) in [6, 6.07) is 7.52. The highest BCUT2D eigenvalue weighted by atomic mass is 16.6. The van der Waals surface area contributed by atoms with E-state index in [4.69, 9.17) is 4.74 Å². The van der Waals surface area contributed by atoms with Crippen molar-refractivity contribution < 1.29 is 9.53 Å². The number of nitrogens with zero attached hydrogens (tertiary/aromatic N) is 1. The quantitative estimate of drug-likeness (QED) is 0.848. The summed E-state index contributed by atoms with van der Waals surface area (Å²) in [4.78, 5) is 16.8. The SMILES string of the molecule is CC1CC=CN(C(=O)Oc2ccc3[nH]ccc3c2)C1. The number of hydrogen-bond donors (Lipinski definition) is 1. The average molecular weight is 256 g/mol. The Bertz CT molecular complexity index is 630. The van der Waals surface area contributed by atoms with Crippen LogP contribution in [-0.4, -0.2) is 22.5 Å². The van der Waals surface area contributed by atoms with Crippen LogP contribution in [0.5, 0.6) is 5.75 Å². The third-order valence-electron chi connectivity index (χ3n) is 3.30. The van der Waals surface area contributed by atoms with Crippen LogP contribution >= 0.6 is 0 Å². The molecule has 1 unspecified atom stereocenters. The number of carbonyl (C=O) groups is 1. The van der Waals surface area contributed by atoms with Gasteiger partial charge in [0.1, 0.15) is 5.75 Å². The van der Waals surface area contributed by atoms with Gasteiger partial charge in [-0.2, -0.15) is 0 Å². The van der Waals surface area contributed by atoms with Gasteiger partial charge in [0.2, 0.25) is 0 Å². The molecule has 4 heteroatoms. The number of hydrogen-bond acceptors (Lipinski definition) is 2. The summed E-state index contributed by atoms with van der Waals surface area (Å²) in [7, 11) is 0. The molecule has 1 amide bonds. The lowest BCUT2D eigenvalue weighted by atomic mass is 10.1. The lowest BCUT2D eigenvalue weighted by molar-refractivity contribution is 0.162. The Labute approximate surface area is 111 Å². The van der Waals surface area contributed by atoms with Crippen LogP contribution in [0.15, 0.2) is 42.7 Å². The molecule has 3 rings (SSSR count). The molecule has 0 radical (unpaired) electrons. The first kappa shape index (κ1) is 11.8. The Hall–Kier alpha value is -2.23. The Morgan fingerprint density at radius 1 is 1.42 bits per heavy atom. The number of carbonyl (C=O) groups excluding carboxylic acids is 1. The predicted octanol–water partition coefficient (Wildman–Crippen LogP) is 3.52. The van der Waals surface area contributed by atoms with E-state index in [1.165, 1.54) is 0 Å². The van der Waals surface area contributed by atoms with Crippen molar-refractivity contribution in [1.82, 2.24) is 9.88 Å². The standard InChI is InChI=1S/C15H16N2O2/c1-11-3-2-8-17(10-11)15(18)19-13-4-5-14-12(9-13)6-7-16-14/h2,4-9,11,16H,3,10H2,1H3. The number of nitrogens with one attached hydrogen (secondary N) is 1. The van der Waals surface area contributed by atoms with Crippen molar-refractivity contribution in [3.05, 3.63) is 42.7 Å². The van der Waals surface area contributed by atoms with E-state index in [9.17, 15) is 4.79 Å². The molecule has 4 nitrogen and oxygen atoms in total. The summed E-state index contributed by atoms with van der Waals surface area (Å²) in [5, 5.41) is 1.04. The summed E-state index contributed by atoms with van der Waals surface area (Å²) >= 11 is 0. The van der Waals surface area contributed by atoms with E-state index in [1.54, 1.807) is 17.2 Å². The van der Waals surface area contributed by atoms with Gasteiger partial charge in [0.25, 0.3) is 0 Å². The molecule has 98 valence electrons. The zero-order valence-corrected chi connectivity index (χ0v) is 10.8. The largest absolute Gasteiger partial charge is 0.419 e. The first-order chi connectivity index (χ1) is 9.22. The topological polar surface area (TPSA) is 45.3 Å². The van der Waals surface area contributed by atoms with Gasteiger partial charge < -0.3 is 9.72 Å². The van der Waals surface area contributed by atoms with Crippen LogP contribution in [-0.2, 0) is 0 Å². The van der Waals surface area contributed by atoms with Crippen molar-refractivity contribution in [3.8, 4) is 5.75 Å². The molecule has 1 aromatic heterocycles. The molecule has 1 aliphatic heterocycles. The summed E-state index contributed by atoms with van der Waals surface area (Å²) in [5.41, 5.74) is 1.03. The van der Waals surface area contributed by atoms with Gasteiger partial charge in [0, 0.05) is 29.8 Å². The van der Waals surface area contributed by atoms with Gasteiger partial charge in [-0.05, 0) is 36.6 Å². The average Bonchev–Trinajstić information content (AvgIpc) is 2.86. The molecule has 2 heterocycles. The minimum atomic E-state index is -0.322. The van der Waals surface area contributed by atoms with Crippen LogP contribution in [0.25, 0.3) is 10.9 Å². The number of aromatic amines is 1. The number of amides is 1. The molecule has 0 saturated carbocycles. The monoisotopic (exact) mass is 256 g/mol. The summed E-state index contributed by atoms with van der Waals surface area (Å²) in [5.74, 6) is 1.05. The van der Waals surface area contributed by atoms with E-state index in [0.29, 0.717) is 18.2 Å². The summed E-state index contributed by atoms with van der Waals surface area (Å²) in [6.45, 7) is 2.83. The van der Waals surface area contributed by atoms with Crippen LogP contribution in [0.4, 0.5) is 4.79 Å². The number of allylic oxidation sites excluding steroid dienone is 1. The maximum absolute atomic E-state index is 12.0. The molecule has 0 saturated heterocycles. The third-order valence-corrected chi connectivity index (χ3v) is 3.30. The van der Waals surface area contributed by atoms with E-state index in [2.05, 4.69) is 11.9 Å². The fraction of sp³-hybridized carbons (Fsp3) is 0.267. The molecule has 19 heavy (non-hydrogen) atoms. The number of benzene rings is 1. The van der Waals surface area contributed by atoms with Gasteiger partial charge in [-0.1, -0.05) is 13.0 Å². The van der Waals surface area contributed by atoms with Gasteiger partial charge >= 0.3 is 6.09 Å². The van der Waals surface area contributed by atoms with Crippen molar-refractivity contribution in [2.75, 3.05) is 6.54 Å². The molecule has 1 atom stereocenters. The first-order valence-electron chi connectivity index (χ1n) is 6.44. The van der Waals surface area contributed by atoms with Crippen LogP contribution < -0.4 is 4.74 Å². The number of aromatic nitrogens is 1. The normalized spacial score (nSPS) is 18.8.